The Balaban J connectivity index is 0. The number of rotatable bonds is 25. The smallest absolute Gasteiger partial charge is 0.333 e. The van der Waals surface area contributed by atoms with E-state index in [4.69, 9.17) is 33.0 Å². The molecule has 0 heterocycles. The number of aliphatic hydroxyl groups excluding tert-OH is 2. The first-order chi connectivity index (χ1) is 20.6. The number of esters is 1. The van der Waals surface area contributed by atoms with Crippen LogP contribution in [0, 0.1) is 0 Å². The van der Waals surface area contributed by atoms with Crippen molar-refractivity contribution in [2.75, 3.05) is 45.1 Å². The molecule has 0 aromatic rings. The molecule has 10 nitrogen and oxygen atoms in total. The molecule has 0 aromatic heterocycles. The number of carboxylic acid groups (broad SMARTS) is 1. The van der Waals surface area contributed by atoms with E-state index in [1.165, 1.54) is 25.8 Å². The predicted octanol–water partition coefficient (Wildman–Crippen LogP) is 6.06. The summed E-state index contributed by atoms with van der Waals surface area (Å²) in [6.45, 7) is 28.8. The number of unbranched alkanes of at least 4 members (excludes halogenated alkanes) is 1. The van der Waals surface area contributed by atoms with Gasteiger partial charge in [-0.25, -0.2) is 9.59 Å². The van der Waals surface area contributed by atoms with Crippen LogP contribution in [0.2, 0.25) is 64.0 Å². The molecule has 0 aliphatic carbocycles. The lowest BCUT2D eigenvalue weighted by atomic mass is 10.4. The van der Waals surface area contributed by atoms with Crippen molar-refractivity contribution in [1.29, 1.82) is 0 Å². The molecule has 0 aliphatic heterocycles. The standard InChI is InChI=1S/C27H60O8Si4.C4H6O2/c1-11-12-17-36(4,5)22-35-39(10,19-13-15-31-21-26(29)20-28)24-34-38(8,9)23-33-37(6,7)18-14-16-32-27(30)25(2)3;1-3(2)4(5)6/h26,28-29H,2,11-24H2,1,3-10H3;1H2,2H3,(H,5,6). The number of hydrogen-bond donors (Lipinski definition) is 3. The molecule has 0 bridgehead atoms. The normalized spacial score (nSPS) is 14.1. The van der Waals surface area contributed by atoms with Crippen LogP contribution in [0.1, 0.15) is 46.5 Å². The Kier molecular flexibility index (Phi) is 24.0. The highest BCUT2D eigenvalue weighted by molar-refractivity contribution is 6.80. The molecular formula is C31H66O10Si4. The average Bonchev–Trinajstić information content (AvgIpc) is 2.95. The van der Waals surface area contributed by atoms with E-state index in [1.807, 2.05) is 0 Å². The molecule has 45 heavy (non-hydrogen) atoms. The molecule has 0 aliphatic rings. The van der Waals surface area contributed by atoms with Gasteiger partial charge >= 0.3 is 11.9 Å². The zero-order chi connectivity index (χ0) is 35.3. The maximum absolute atomic E-state index is 11.6. The predicted molar refractivity (Wildman–Crippen MR) is 193 cm³/mol. The lowest BCUT2D eigenvalue weighted by Gasteiger charge is -2.36. The Labute approximate surface area is 277 Å². The Morgan fingerprint density at radius 2 is 1.31 bits per heavy atom. The zero-order valence-electron chi connectivity index (χ0n) is 30.1. The summed E-state index contributed by atoms with van der Waals surface area (Å²) < 4.78 is 30.6. The van der Waals surface area contributed by atoms with Crippen molar-refractivity contribution in [3.8, 4) is 0 Å². The van der Waals surface area contributed by atoms with Crippen LogP contribution in [0.25, 0.3) is 0 Å². The van der Waals surface area contributed by atoms with Crippen LogP contribution in [-0.2, 0) is 32.3 Å². The van der Waals surface area contributed by atoms with Gasteiger partial charge in [-0.3, -0.25) is 0 Å². The SMILES string of the molecule is C=C(C)C(=O)O.C=C(C)C(=O)OCCC[Si](C)(C)OC[Si](C)(C)OC[Si](C)(CCCOCC(O)CO)OC[Si](C)(C)CCCC. The molecule has 0 aromatic carbocycles. The van der Waals surface area contributed by atoms with Gasteiger partial charge in [0.15, 0.2) is 8.32 Å². The van der Waals surface area contributed by atoms with Crippen molar-refractivity contribution in [3.05, 3.63) is 24.3 Å². The number of aliphatic hydroxyl groups is 2. The molecule has 0 spiro atoms. The van der Waals surface area contributed by atoms with Crippen molar-refractivity contribution in [1.82, 2.24) is 0 Å². The molecule has 266 valence electrons. The van der Waals surface area contributed by atoms with Gasteiger partial charge in [0.2, 0.25) is 16.6 Å². The second kappa shape index (κ2) is 23.4. The summed E-state index contributed by atoms with van der Waals surface area (Å²) in [5, 5.41) is 26.4. The van der Waals surface area contributed by atoms with Gasteiger partial charge < -0.3 is 38.1 Å². The van der Waals surface area contributed by atoms with E-state index in [1.54, 1.807) is 6.92 Å². The van der Waals surface area contributed by atoms with Gasteiger partial charge in [-0.1, -0.05) is 52.1 Å². The molecule has 0 saturated carbocycles. The number of carbonyl (C=O) groups is 2. The minimum atomic E-state index is -2.16. The van der Waals surface area contributed by atoms with Gasteiger partial charge in [-0.05, 0) is 71.5 Å². The summed E-state index contributed by atoms with van der Waals surface area (Å²) >= 11 is 0. The van der Waals surface area contributed by atoms with E-state index in [-0.39, 0.29) is 24.8 Å². The fourth-order valence-electron chi connectivity index (χ4n) is 3.72. The summed E-state index contributed by atoms with van der Waals surface area (Å²) in [5.74, 6) is -1.27. The molecular weight excluding hydrogens is 645 g/mol. The highest BCUT2D eigenvalue weighted by Crippen LogP contribution is 2.23. The van der Waals surface area contributed by atoms with Crippen LogP contribution in [0.3, 0.4) is 0 Å². The minimum absolute atomic E-state index is 0.149. The third kappa shape index (κ3) is 26.8. The first-order valence-electron chi connectivity index (χ1n) is 16.1. The zero-order valence-corrected chi connectivity index (χ0v) is 34.1. The van der Waals surface area contributed by atoms with Crippen LogP contribution in [0.15, 0.2) is 24.3 Å². The largest absolute Gasteiger partial charge is 0.478 e. The lowest BCUT2D eigenvalue weighted by Crippen LogP contribution is -2.51. The topological polar surface area (TPSA) is 141 Å². The third-order valence-corrected chi connectivity index (χ3v) is 17.7. The van der Waals surface area contributed by atoms with Crippen LogP contribution in [0.4, 0.5) is 0 Å². The number of hydrogen-bond acceptors (Lipinski definition) is 9. The highest BCUT2D eigenvalue weighted by Gasteiger charge is 2.37. The van der Waals surface area contributed by atoms with Gasteiger partial charge in [0.25, 0.3) is 0 Å². The maximum Gasteiger partial charge on any atom is 0.333 e. The number of carbonyl (C=O) groups excluding carboxylic acids is 1. The lowest BCUT2D eigenvalue weighted by molar-refractivity contribution is -0.139. The second-order valence-electron chi connectivity index (χ2n) is 14.2. The molecule has 0 rings (SSSR count). The van der Waals surface area contributed by atoms with E-state index >= 15 is 0 Å². The number of carboxylic acids is 1. The van der Waals surface area contributed by atoms with Crippen molar-refractivity contribution in [2.24, 2.45) is 0 Å². The van der Waals surface area contributed by atoms with E-state index < -0.39 is 45.1 Å². The Bertz CT molecular complexity index is 870. The third-order valence-electron chi connectivity index (χ3n) is 6.98. The Morgan fingerprint density at radius 1 is 0.756 bits per heavy atom. The fraction of sp³-hybridized carbons (Fsp3) is 0.806. The molecule has 3 N–H and O–H groups in total. The fourth-order valence-corrected chi connectivity index (χ4v) is 16.4. The quantitative estimate of drug-likeness (QED) is 0.0443. The molecule has 0 amide bonds. The monoisotopic (exact) mass is 710 g/mol. The van der Waals surface area contributed by atoms with Crippen molar-refractivity contribution >= 4 is 45.0 Å². The van der Waals surface area contributed by atoms with E-state index in [0.29, 0.717) is 31.2 Å². The highest BCUT2D eigenvalue weighted by atomic mass is 28.4. The molecule has 0 saturated heterocycles. The first kappa shape index (κ1) is 46.2. The average molecular weight is 711 g/mol. The summed E-state index contributed by atoms with van der Waals surface area (Å²) in [6.07, 6.45) is 5.41. The molecule has 2 unspecified atom stereocenters. The number of aliphatic carboxylic acids is 1. The first-order valence-corrected chi connectivity index (χ1v) is 28.6. The van der Waals surface area contributed by atoms with E-state index in [9.17, 15) is 14.7 Å². The molecule has 0 fully saturated rings. The summed E-state index contributed by atoms with van der Waals surface area (Å²) in [7, 11) is -7.59. The van der Waals surface area contributed by atoms with Gasteiger partial charge in [-0.15, -0.1) is 0 Å². The second-order valence-corrected chi connectivity index (χ2v) is 31.7. The minimum Gasteiger partial charge on any atom is -0.478 e. The van der Waals surface area contributed by atoms with Crippen LogP contribution in [-0.4, -0.2) is 112 Å². The van der Waals surface area contributed by atoms with E-state index in [0.717, 1.165) is 31.2 Å². The van der Waals surface area contributed by atoms with Gasteiger partial charge in [0.05, 0.1) is 40.4 Å². The van der Waals surface area contributed by atoms with Crippen LogP contribution in [0.5, 0.6) is 0 Å². The Hall–Kier alpha value is -0.952. The van der Waals surface area contributed by atoms with Gasteiger partial charge in [0, 0.05) is 24.0 Å². The van der Waals surface area contributed by atoms with Crippen LogP contribution >= 0.6 is 0 Å². The summed E-state index contributed by atoms with van der Waals surface area (Å²) in [5.41, 5.74) is 0.599. The van der Waals surface area contributed by atoms with Crippen molar-refractivity contribution in [3.63, 3.8) is 0 Å². The summed E-state index contributed by atoms with van der Waals surface area (Å²) in [6, 6.07) is 3.12. The maximum atomic E-state index is 11.6. The molecule has 0 radical (unpaired) electrons. The van der Waals surface area contributed by atoms with Gasteiger partial charge in [-0.2, -0.15) is 0 Å². The molecule has 2 atom stereocenters. The number of ether oxygens (including phenoxy) is 2. The van der Waals surface area contributed by atoms with Gasteiger partial charge in [0.1, 0.15) is 6.10 Å². The summed E-state index contributed by atoms with van der Waals surface area (Å²) in [4.78, 5) is 21.2. The Morgan fingerprint density at radius 3 is 1.82 bits per heavy atom. The molecule has 14 heteroatoms. The van der Waals surface area contributed by atoms with Crippen LogP contribution < -0.4 is 0 Å². The van der Waals surface area contributed by atoms with Crippen molar-refractivity contribution < 1.29 is 47.7 Å². The van der Waals surface area contributed by atoms with E-state index in [2.05, 4.69) is 65.9 Å². The van der Waals surface area contributed by atoms with Crippen molar-refractivity contribution in [2.45, 2.75) is 117 Å².